The summed E-state index contributed by atoms with van der Waals surface area (Å²) >= 11 is 15.0. The Morgan fingerprint density at radius 2 is 1.74 bits per heavy atom. The highest BCUT2D eigenvalue weighted by atomic mass is 127. The highest BCUT2D eigenvalue weighted by molar-refractivity contribution is 14.1. The highest BCUT2D eigenvalue weighted by Gasteiger charge is 2.11. The largest absolute Gasteiger partial charge is 0.496 e. The van der Waals surface area contributed by atoms with E-state index in [1.807, 2.05) is 18.2 Å². The molecule has 4 aromatic rings. The molecule has 0 fully saturated rings. The minimum atomic E-state index is -0.363. The van der Waals surface area contributed by atoms with Gasteiger partial charge in [0.2, 0.25) is 0 Å². The number of rotatable bonds is 7. The first-order valence-electron chi connectivity index (χ1n) is 10.2. The highest BCUT2D eigenvalue weighted by Crippen LogP contribution is 2.34. The topological polar surface area (TPSA) is 59.9 Å². The van der Waals surface area contributed by atoms with E-state index in [4.69, 9.17) is 32.7 Å². The maximum Gasteiger partial charge on any atom is 0.271 e. The Bertz CT molecular complexity index is 1370. The summed E-state index contributed by atoms with van der Waals surface area (Å²) in [4.78, 5) is 12.3. The van der Waals surface area contributed by atoms with Crippen molar-refractivity contribution in [3.05, 3.63) is 103 Å². The minimum Gasteiger partial charge on any atom is -0.496 e. The Hall–Kier alpha value is -2.81. The molecular formula is C26H19Cl2IN2O3. The number of benzene rings is 4. The van der Waals surface area contributed by atoms with E-state index in [2.05, 4.69) is 57.4 Å². The fourth-order valence-electron chi connectivity index (χ4n) is 3.31. The van der Waals surface area contributed by atoms with Gasteiger partial charge in [0, 0.05) is 5.56 Å². The first kappa shape index (κ1) is 24.3. The number of nitrogens with one attached hydrogen (secondary N) is 1. The molecule has 8 heteroatoms. The van der Waals surface area contributed by atoms with Crippen LogP contribution in [0.15, 0.2) is 77.9 Å². The molecule has 0 spiro atoms. The lowest BCUT2D eigenvalue weighted by atomic mass is 10.1. The normalized spacial score (nSPS) is 11.1. The molecule has 0 bridgehead atoms. The Labute approximate surface area is 220 Å². The average Bonchev–Trinajstić information content (AvgIpc) is 2.83. The molecule has 0 heterocycles. The van der Waals surface area contributed by atoms with Crippen LogP contribution in [0, 0.1) is 3.57 Å². The maximum absolute atomic E-state index is 12.3. The molecule has 4 aromatic carbocycles. The first-order chi connectivity index (χ1) is 16.4. The van der Waals surface area contributed by atoms with Crippen LogP contribution in [-0.2, 0) is 6.61 Å². The lowest BCUT2D eigenvalue weighted by Crippen LogP contribution is -2.17. The minimum absolute atomic E-state index is 0.327. The molecule has 5 nitrogen and oxygen atoms in total. The summed E-state index contributed by atoms with van der Waals surface area (Å²) in [6.45, 7) is 0.327. The SMILES string of the molecule is COc1cc(C(=O)N/N=C\c2cc(Cl)c(OCc3ccc4ccccc4c3)c(Cl)c2)ccc1I. The second kappa shape index (κ2) is 11.1. The number of carbonyl (C=O) groups is 1. The second-order valence-electron chi connectivity index (χ2n) is 7.33. The van der Waals surface area contributed by atoms with Gasteiger partial charge in [-0.2, -0.15) is 5.10 Å². The van der Waals surface area contributed by atoms with E-state index in [-0.39, 0.29) is 5.91 Å². The van der Waals surface area contributed by atoms with E-state index >= 15 is 0 Å². The molecule has 0 aliphatic carbocycles. The summed E-state index contributed by atoms with van der Waals surface area (Å²) in [6, 6.07) is 22.8. The molecule has 4 rings (SSSR count). The van der Waals surface area contributed by atoms with Crippen molar-refractivity contribution in [2.75, 3.05) is 7.11 Å². The molecular weight excluding hydrogens is 586 g/mol. The van der Waals surface area contributed by atoms with Gasteiger partial charge in [0.25, 0.3) is 5.91 Å². The number of halogens is 3. The van der Waals surface area contributed by atoms with Crippen LogP contribution in [0.3, 0.4) is 0 Å². The summed E-state index contributed by atoms with van der Waals surface area (Å²) in [6.07, 6.45) is 1.46. The van der Waals surface area contributed by atoms with Crippen molar-refractivity contribution in [2.45, 2.75) is 6.61 Å². The number of carbonyl (C=O) groups excluding carboxylic acids is 1. The molecule has 1 amide bonds. The Morgan fingerprint density at radius 3 is 2.47 bits per heavy atom. The second-order valence-corrected chi connectivity index (χ2v) is 9.31. The first-order valence-corrected chi connectivity index (χ1v) is 12.0. The third-order valence-electron chi connectivity index (χ3n) is 5.01. The summed E-state index contributed by atoms with van der Waals surface area (Å²) in [5.41, 5.74) is 4.55. The summed E-state index contributed by atoms with van der Waals surface area (Å²) in [5.74, 6) is 0.650. The number of nitrogens with zero attached hydrogens (tertiary/aromatic N) is 1. The number of fused-ring (bicyclic) bond motifs is 1. The number of hydrazone groups is 1. The van der Waals surface area contributed by atoms with Crippen molar-refractivity contribution in [2.24, 2.45) is 5.10 Å². The predicted octanol–water partition coefficient (Wildman–Crippen LogP) is 7.10. The average molecular weight is 605 g/mol. The zero-order chi connectivity index (χ0) is 24.1. The van der Waals surface area contributed by atoms with E-state index in [0.717, 1.165) is 14.5 Å². The maximum atomic E-state index is 12.3. The van der Waals surface area contributed by atoms with Crippen LogP contribution in [0.4, 0.5) is 0 Å². The van der Waals surface area contributed by atoms with Gasteiger partial charge < -0.3 is 9.47 Å². The smallest absolute Gasteiger partial charge is 0.271 e. The van der Waals surface area contributed by atoms with E-state index in [1.165, 1.54) is 11.6 Å². The van der Waals surface area contributed by atoms with Gasteiger partial charge in [-0.05, 0) is 80.9 Å². The Balaban J connectivity index is 1.41. The number of hydrogen-bond acceptors (Lipinski definition) is 4. The lowest BCUT2D eigenvalue weighted by molar-refractivity contribution is 0.0954. The number of hydrogen-bond donors (Lipinski definition) is 1. The number of methoxy groups -OCH3 is 1. The van der Waals surface area contributed by atoms with Crippen molar-refractivity contribution in [1.82, 2.24) is 5.43 Å². The molecule has 0 unspecified atom stereocenters. The lowest BCUT2D eigenvalue weighted by Gasteiger charge is -2.11. The summed E-state index contributed by atoms with van der Waals surface area (Å²) < 4.78 is 12.1. The van der Waals surface area contributed by atoms with E-state index in [9.17, 15) is 4.79 Å². The molecule has 0 saturated heterocycles. The third-order valence-corrected chi connectivity index (χ3v) is 6.46. The van der Waals surface area contributed by atoms with Gasteiger partial charge >= 0.3 is 0 Å². The molecule has 0 aliphatic heterocycles. The van der Waals surface area contributed by atoms with Crippen LogP contribution in [0.25, 0.3) is 10.8 Å². The van der Waals surface area contributed by atoms with Gasteiger partial charge in [0.05, 0.1) is 26.9 Å². The van der Waals surface area contributed by atoms with E-state index < -0.39 is 0 Å². The van der Waals surface area contributed by atoms with Crippen LogP contribution >= 0.6 is 45.8 Å². The van der Waals surface area contributed by atoms with Crippen molar-refractivity contribution in [1.29, 1.82) is 0 Å². The molecule has 0 aromatic heterocycles. The molecule has 0 saturated carbocycles. The standard InChI is InChI=1S/C26H19Cl2IN2O3/c1-33-24-13-20(8-9-23(24)29)26(32)31-30-14-17-11-21(27)25(22(28)12-17)34-15-16-6-7-18-4-2-3-5-19(18)10-16/h2-14H,15H2,1H3,(H,31,32)/b30-14-. The number of ether oxygens (including phenoxy) is 2. The quantitative estimate of drug-likeness (QED) is 0.139. The van der Waals surface area contributed by atoms with Crippen LogP contribution in [0.5, 0.6) is 11.5 Å². The predicted molar refractivity (Wildman–Crippen MR) is 146 cm³/mol. The fraction of sp³-hybridized carbons (Fsp3) is 0.0769. The van der Waals surface area contributed by atoms with Crippen LogP contribution in [0.1, 0.15) is 21.5 Å². The van der Waals surface area contributed by atoms with Crippen molar-refractivity contribution < 1.29 is 14.3 Å². The van der Waals surface area contributed by atoms with Gasteiger partial charge in [-0.3, -0.25) is 4.79 Å². The Kier molecular flexibility index (Phi) is 7.92. The molecule has 172 valence electrons. The van der Waals surface area contributed by atoms with E-state index in [1.54, 1.807) is 37.4 Å². The summed E-state index contributed by atoms with van der Waals surface area (Å²) in [5, 5.41) is 7.01. The van der Waals surface area contributed by atoms with Gasteiger partial charge in [0.15, 0.2) is 5.75 Å². The van der Waals surface area contributed by atoms with Gasteiger partial charge in [-0.15, -0.1) is 0 Å². The van der Waals surface area contributed by atoms with Crippen molar-refractivity contribution in [3.63, 3.8) is 0 Å². The van der Waals surface area contributed by atoms with Crippen molar-refractivity contribution in [3.8, 4) is 11.5 Å². The third kappa shape index (κ3) is 5.81. The van der Waals surface area contributed by atoms with Crippen molar-refractivity contribution >= 4 is 68.7 Å². The molecule has 1 N–H and O–H groups in total. The zero-order valence-corrected chi connectivity index (χ0v) is 21.7. The van der Waals surface area contributed by atoms with E-state index in [0.29, 0.717) is 39.3 Å². The zero-order valence-electron chi connectivity index (χ0n) is 18.0. The van der Waals surface area contributed by atoms with Crippen LogP contribution in [0.2, 0.25) is 10.0 Å². The fourth-order valence-corrected chi connectivity index (χ4v) is 4.48. The molecule has 0 atom stereocenters. The van der Waals surface area contributed by atoms with Gasteiger partial charge in [-0.1, -0.05) is 59.6 Å². The molecule has 0 aliphatic rings. The number of amides is 1. The van der Waals surface area contributed by atoms with Gasteiger partial charge in [-0.25, -0.2) is 5.43 Å². The van der Waals surface area contributed by atoms with Crippen LogP contribution in [-0.4, -0.2) is 19.2 Å². The molecule has 0 radical (unpaired) electrons. The van der Waals surface area contributed by atoms with Crippen LogP contribution < -0.4 is 14.9 Å². The van der Waals surface area contributed by atoms with Gasteiger partial charge in [0.1, 0.15) is 12.4 Å². The molecule has 34 heavy (non-hydrogen) atoms. The monoisotopic (exact) mass is 604 g/mol. The summed E-state index contributed by atoms with van der Waals surface area (Å²) in [7, 11) is 1.56. The Morgan fingerprint density at radius 1 is 1.00 bits per heavy atom.